The van der Waals surface area contributed by atoms with Crippen LogP contribution >= 0.6 is 11.6 Å². The molecule has 22 heavy (non-hydrogen) atoms. The van der Waals surface area contributed by atoms with Gasteiger partial charge in [-0.25, -0.2) is 0 Å². The zero-order chi connectivity index (χ0) is 15.4. The Hall–Kier alpha value is -1.83. The van der Waals surface area contributed by atoms with Crippen LogP contribution in [0.3, 0.4) is 0 Å². The van der Waals surface area contributed by atoms with Crippen LogP contribution in [0.2, 0.25) is 5.02 Å². The normalized spacial score (nSPS) is 17.1. The van der Waals surface area contributed by atoms with Gasteiger partial charge in [0.25, 0.3) is 5.89 Å². The Morgan fingerprint density at radius 2 is 1.91 bits per heavy atom. The quantitative estimate of drug-likeness (QED) is 0.640. The summed E-state index contributed by atoms with van der Waals surface area (Å²) in [6.07, 6.45) is 9.26. The number of halogens is 1. The first-order valence-electron chi connectivity index (χ1n) is 7.58. The maximum atomic E-state index is 5.90. The van der Waals surface area contributed by atoms with Gasteiger partial charge in [0.05, 0.1) is 13.1 Å². The van der Waals surface area contributed by atoms with Crippen LogP contribution in [0, 0.1) is 12.3 Å². The third-order valence-corrected chi connectivity index (χ3v) is 4.48. The zero-order valence-electron chi connectivity index (χ0n) is 12.5. The number of likely N-dealkylation sites (tertiary alicyclic amines) is 1. The summed E-state index contributed by atoms with van der Waals surface area (Å²) in [6, 6.07) is 7.43. The molecule has 5 heteroatoms. The van der Waals surface area contributed by atoms with Gasteiger partial charge >= 0.3 is 0 Å². The molecule has 0 radical (unpaired) electrons. The van der Waals surface area contributed by atoms with E-state index in [9.17, 15) is 0 Å². The summed E-state index contributed by atoms with van der Waals surface area (Å²) < 4.78 is 6.30. The molecule has 1 aromatic carbocycles. The summed E-state index contributed by atoms with van der Waals surface area (Å²) in [4.78, 5) is 4.53. The van der Waals surface area contributed by atoms with Crippen molar-refractivity contribution < 1.29 is 9.01 Å². The van der Waals surface area contributed by atoms with Crippen LogP contribution < -0.4 is 0 Å². The van der Waals surface area contributed by atoms with E-state index in [1.54, 1.807) is 0 Å². The van der Waals surface area contributed by atoms with Crippen molar-refractivity contribution in [1.82, 2.24) is 10.1 Å². The van der Waals surface area contributed by atoms with Gasteiger partial charge in [0.2, 0.25) is 5.82 Å². The van der Waals surface area contributed by atoms with E-state index in [0.717, 1.165) is 29.7 Å². The molecule has 1 aliphatic heterocycles. The van der Waals surface area contributed by atoms with Crippen molar-refractivity contribution in [2.75, 3.05) is 19.6 Å². The minimum absolute atomic E-state index is 0.600. The van der Waals surface area contributed by atoms with Gasteiger partial charge in [-0.1, -0.05) is 16.8 Å². The lowest BCUT2D eigenvalue weighted by Crippen LogP contribution is -2.51. The Morgan fingerprint density at radius 1 is 1.18 bits per heavy atom. The molecule has 0 unspecified atom stereocenters. The first-order valence-corrected chi connectivity index (χ1v) is 7.96. The predicted molar refractivity (Wildman–Crippen MR) is 86.0 cm³/mol. The number of benzene rings is 1. The number of hydrogen-bond donors (Lipinski definition) is 0. The van der Waals surface area contributed by atoms with Gasteiger partial charge in [-0.15, -0.1) is 6.42 Å². The number of terminal acetylenes is 1. The van der Waals surface area contributed by atoms with E-state index in [4.69, 9.17) is 22.5 Å². The monoisotopic (exact) mass is 316 g/mol. The molecule has 0 atom stereocenters. The average molecular weight is 317 g/mol. The van der Waals surface area contributed by atoms with Crippen LogP contribution in [0.1, 0.15) is 25.2 Å². The van der Waals surface area contributed by atoms with Crippen molar-refractivity contribution in [2.24, 2.45) is 0 Å². The molecule has 0 aliphatic carbocycles. The third kappa shape index (κ3) is 3.32. The summed E-state index contributed by atoms with van der Waals surface area (Å²) in [6.45, 7) is 3.61. The van der Waals surface area contributed by atoms with Crippen molar-refractivity contribution in [1.29, 1.82) is 0 Å². The Morgan fingerprint density at radius 3 is 2.59 bits per heavy atom. The van der Waals surface area contributed by atoms with E-state index in [0.29, 0.717) is 23.3 Å². The Kier molecular flexibility index (Phi) is 4.47. The number of hydrogen-bond acceptors (Lipinski definition) is 3. The van der Waals surface area contributed by atoms with E-state index < -0.39 is 0 Å². The molecule has 0 spiro atoms. The van der Waals surface area contributed by atoms with Crippen LogP contribution in [0.5, 0.6) is 0 Å². The van der Waals surface area contributed by atoms with Crippen molar-refractivity contribution >= 4 is 11.6 Å². The second-order valence-electron chi connectivity index (χ2n) is 5.89. The number of piperidine rings is 1. The summed E-state index contributed by atoms with van der Waals surface area (Å²) in [7, 11) is 0. The molecular weight excluding hydrogens is 298 g/mol. The smallest absolute Gasteiger partial charge is 0.282 e. The lowest BCUT2D eigenvalue weighted by molar-refractivity contribution is -0.939. The molecule has 0 N–H and O–H groups in total. The molecule has 1 aromatic heterocycles. The molecule has 0 saturated carbocycles. The van der Waals surface area contributed by atoms with E-state index in [1.807, 2.05) is 24.3 Å². The Labute approximate surface area is 135 Å². The van der Waals surface area contributed by atoms with E-state index in [-0.39, 0.29) is 0 Å². The molecule has 114 valence electrons. The van der Waals surface area contributed by atoms with E-state index >= 15 is 0 Å². The fourth-order valence-corrected chi connectivity index (χ4v) is 3.20. The predicted octanol–water partition coefficient (Wildman–Crippen LogP) is 3.52. The minimum Gasteiger partial charge on any atom is -0.333 e. The summed E-state index contributed by atoms with van der Waals surface area (Å²) >= 11 is 5.90. The molecule has 2 aromatic rings. The molecule has 1 saturated heterocycles. The average Bonchev–Trinajstić information content (AvgIpc) is 2.97. The third-order valence-electron chi connectivity index (χ3n) is 4.23. The van der Waals surface area contributed by atoms with Crippen LogP contribution in [0.4, 0.5) is 0 Å². The lowest BCUT2D eigenvalue weighted by Gasteiger charge is -2.38. The summed E-state index contributed by atoms with van der Waals surface area (Å²) in [5.41, 5.74) is 0.904. The van der Waals surface area contributed by atoms with Crippen LogP contribution in [-0.2, 0) is 6.54 Å². The van der Waals surface area contributed by atoms with Gasteiger partial charge in [-0.05, 0) is 49.4 Å². The van der Waals surface area contributed by atoms with Gasteiger partial charge < -0.3 is 9.01 Å². The van der Waals surface area contributed by atoms with Crippen molar-refractivity contribution in [2.45, 2.75) is 25.8 Å². The fraction of sp³-hybridized carbons (Fsp3) is 0.412. The van der Waals surface area contributed by atoms with E-state index in [1.165, 1.54) is 19.3 Å². The van der Waals surface area contributed by atoms with Gasteiger partial charge in [-0.3, -0.25) is 0 Å². The highest BCUT2D eigenvalue weighted by molar-refractivity contribution is 6.30. The fourth-order valence-electron chi connectivity index (χ4n) is 3.07. The van der Waals surface area contributed by atoms with Gasteiger partial charge in [0, 0.05) is 10.6 Å². The maximum absolute atomic E-state index is 5.90. The standard InChI is InChI=1S/C17H19ClN3O/c1-2-10-21(11-4-3-5-12-21)13-16-19-17(20-22-16)14-6-8-15(18)9-7-14/h1,6-9H,3-5,10-13H2/q+1. The molecule has 4 nitrogen and oxygen atoms in total. The highest BCUT2D eigenvalue weighted by Gasteiger charge is 2.31. The van der Waals surface area contributed by atoms with Gasteiger partial charge in [0.15, 0.2) is 6.54 Å². The number of nitrogens with zero attached hydrogens (tertiary/aromatic N) is 3. The molecule has 0 amide bonds. The van der Waals surface area contributed by atoms with Crippen molar-refractivity contribution in [3.63, 3.8) is 0 Å². The summed E-state index contributed by atoms with van der Waals surface area (Å²) in [5.74, 6) is 4.07. The lowest BCUT2D eigenvalue weighted by atomic mass is 10.1. The first kappa shape index (κ1) is 15.1. The summed E-state index contributed by atoms with van der Waals surface area (Å²) in [5, 5.41) is 4.78. The topological polar surface area (TPSA) is 38.9 Å². The molecule has 0 bridgehead atoms. The van der Waals surface area contributed by atoms with Crippen molar-refractivity contribution in [3.8, 4) is 23.7 Å². The number of quaternary nitrogens is 1. The SMILES string of the molecule is C#CC[N+]1(Cc2nc(-c3ccc(Cl)cc3)no2)CCCCC1. The molecule has 2 heterocycles. The van der Waals surface area contributed by atoms with Crippen LogP contribution in [0.25, 0.3) is 11.4 Å². The Balaban J connectivity index is 1.78. The molecule has 3 rings (SSSR count). The molecule has 1 aliphatic rings. The Bertz CT molecular complexity index is 666. The highest BCUT2D eigenvalue weighted by atomic mass is 35.5. The largest absolute Gasteiger partial charge is 0.333 e. The maximum Gasteiger partial charge on any atom is 0.282 e. The zero-order valence-corrected chi connectivity index (χ0v) is 13.2. The van der Waals surface area contributed by atoms with E-state index in [2.05, 4.69) is 16.1 Å². The van der Waals surface area contributed by atoms with Crippen LogP contribution in [-0.4, -0.2) is 34.3 Å². The second kappa shape index (κ2) is 6.51. The number of rotatable bonds is 4. The number of aromatic nitrogens is 2. The van der Waals surface area contributed by atoms with Crippen LogP contribution in [0.15, 0.2) is 28.8 Å². The first-order chi connectivity index (χ1) is 10.7. The minimum atomic E-state index is 0.600. The molecular formula is C17H19ClN3O+. The highest BCUT2D eigenvalue weighted by Crippen LogP contribution is 2.24. The molecule has 1 fully saturated rings. The van der Waals surface area contributed by atoms with Crippen molar-refractivity contribution in [3.05, 3.63) is 35.2 Å². The second-order valence-corrected chi connectivity index (χ2v) is 6.32. The van der Waals surface area contributed by atoms with Gasteiger partial charge in [-0.2, -0.15) is 4.98 Å². The van der Waals surface area contributed by atoms with Gasteiger partial charge in [0.1, 0.15) is 6.54 Å².